The van der Waals surface area contributed by atoms with Gasteiger partial charge in [-0.1, -0.05) is 26.0 Å². The maximum Gasteiger partial charge on any atom is 0.258 e. The van der Waals surface area contributed by atoms with E-state index in [1.807, 2.05) is 24.3 Å². The van der Waals surface area contributed by atoms with Gasteiger partial charge in [-0.3, -0.25) is 4.79 Å². The zero-order valence-electron chi connectivity index (χ0n) is 10.1. The van der Waals surface area contributed by atoms with Crippen LogP contribution >= 0.6 is 0 Å². The first-order chi connectivity index (χ1) is 7.54. The second kappa shape index (κ2) is 5.54. The molecule has 0 heterocycles. The predicted octanol–water partition coefficient (Wildman–Crippen LogP) is 2.45. The molecule has 0 fully saturated rings. The van der Waals surface area contributed by atoms with Crippen molar-refractivity contribution in [3.8, 4) is 5.75 Å². The first-order valence-electron chi connectivity index (χ1n) is 5.60. The van der Waals surface area contributed by atoms with E-state index in [1.54, 1.807) is 6.92 Å². The molecule has 0 aliphatic carbocycles. The van der Waals surface area contributed by atoms with Crippen molar-refractivity contribution in [3.63, 3.8) is 0 Å². The third-order valence-corrected chi connectivity index (χ3v) is 2.78. The molecule has 0 aromatic heterocycles. The van der Waals surface area contributed by atoms with Crippen molar-refractivity contribution >= 4 is 5.91 Å². The number of hydrogen-bond acceptors (Lipinski definition) is 2. The number of hydrogen-bond donors (Lipinski definition) is 1. The van der Waals surface area contributed by atoms with E-state index in [9.17, 15) is 4.79 Å². The number of rotatable bonds is 5. The molecule has 0 saturated heterocycles. The third kappa shape index (κ3) is 3.26. The van der Waals surface area contributed by atoms with Crippen molar-refractivity contribution in [2.75, 3.05) is 0 Å². The minimum absolute atomic E-state index is 0.453. The van der Waals surface area contributed by atoms with Crippen molar-refractivity contribution in [2.45, 2.75) is 39.2 Å². The van der Waals surface area contributed by atoms with E-state index in [-0.39, 0.29) is 0 Å². The Morgan fingerprint density at radius 2 is 1.88 bits per heavy atom. The number of carbonyl (C=O) groups excluding carboxylic acids is 1. The van der Waals surface area contributed by atoms with E-state index >= 15 is 0 Å². The molecule has 0 aliphatic heterocycles. The van der Waals surface area contributed by atoms with Crippen molar-refractivity contribution in [1.29, 1.82) is 0 Å². The van der Waals surface area contributed by atoms with Crippen LogP contribution in [-0.4, -0.2) is 12.0 Å². The molecule has 1 rings (SSSR count). The molecule has 88 valence electrons. The van der Waals surface area contributed by atoms with Gasteiger partial charge in [0.2, 0.25) is 0 Å². The van der Waals surface area contributed by atoms with Gasteiger partial charge in [-0.25, -0.2) is 0 Å². The Morgan fingerprint density at radius 1 is 1.31 bits per heavy atom. The maximum absolute atomic E-state index is 10.8. The average molecular weight is 221 g/mol. The highest BCUT2D eigenvalue weighted by molar-refractivity contribution is 5.78. The SMILES string of the molecule is CCC(C)c1ccc(OC(C)C(N)=O)cc1. The summed E-state index contributed by atoms with van der Waals surface area (Å²) in [7, 11) is 0. The molecule has 0 saturated carbocycles. The lowest BCUT2D eigenvalue weighted by atomic mass is 9.99. The molecular weight excluding hydrogens is 202 g/mol. The van der Waals surface area contributed by atoms with Crippen LogP contribution in [0, 0.1) is 0 Å². The summed E-state index contributed by atoms with van der Waals surface area (Å²) in [4.78, 5) is 10.8. The summed E-state index contributed by atoms with van der Waals surface area (Å²) >= 11 is 0. The van der Waals surface area contributed by atoms with Gasteiger partial charge in [0.15, 0.2) is 6.10 Å². The second-order valence-corrected chi connectivity index (χ2v) is 4.04. The molecule has 0 spiro atoms. The van der Waals surface area contributed by atoms with Crippen LogP contribution in [0.5, 0.6) is 5.75 Å². The number of benzene rings is 1. The number of carbonyl (C=O) groups is 1. The number of amides is 1. The number of primary amides is 1. The lowest BCUT2D eigenvalue weighted by molar-refractivity contribution is -0.123. The Kier molecular flexibility index (Phi) is 4.35. The lowest BCUT2D eigenvalue weighted by Crippen LogP contribution is -2.30. The minimum Gasteiger partial charge on any atom is -0.481 e. The van der Waals surface area contributed by atoms with E-state index < -0.39 is 12.0 Å². The van der Waals surface area contributed by atoms with Gasteiger partial charge < -0.3 is 10.5 Å². The van der Waals surface area contributed by atoms with Crippen molar-refractivity contribution in [2.24, 2.45) is 5.73 Å². The van der Waals surface area contributed by atoms with Crippen LogP contribution in [0.15, 0.2) is 24.3 Å². The third-order valence-electron chi connectivity index (χ3n) is 2.78. The molecule has 0 radical (unpaired) electrons. The lowest BCUT2D eigenvalue weighted by Gasteiger charge is -2.13. The van der Waals surface area contributed by atoms with Crippen molar-refractivity contribution < 1.29 is 9.53 Å². The highest BCUT2D eigenvalue weighted by Crippen LogP contribution is 2.21. The normalized spacial score (nSPS) is 14.2. The summed E-state index contributed by atoms with van der Waals surface area (Å²) in [5, 5.41) is 0. The van der Waals surface area contributed by atoms with Gasteiger partial charge in [-0.15, -0.1) is 0 Å². The van der Waals surface area contributed by atoms with Gasteiger partial charge in [0.25, 0.3) is 5.91 Å². The summed E-state index contributed by atoms with van der Waals surface area (Å²) in [6, 6.07) is 7.80. The summed E-state index contributed by atoms with van der Waals surface area (Å²) < 4.78 is 5.37. The molecule has 0 bridgehead atoms. The highest BCUT2D eigenvalue weighted by Gasteiger charge is 2.10. The summed E-state index contributed by atoms with van der Waals surface area (Å²) in [5.74, 6) is 0.770. The van der Waals surface area contributed by atoms with Crippen LogP contribution in [-0.2, 0) is 4.79 Å². The van der Waals surface area contributed by atoms with Crippen LogP contribution in [0.1, 0.15) is 38.7 Å². The van der Waals surface area contributed by atoms with E-state index in [0.717, 1.165) is 6.42 Å². The Balaban J connectivity index is 2.68. The molecule has 0 aliphatic rings. The molecule has 16 heavy (non-hydrogen) atoms. The molecule has 3 heteroatoms. The maximum atomic E-state index is 10.8. The Morgan fingerprint density at radius 3 is 2.31 bits per heavy atom. The fraction of sp³-hybridized carbons (Fsp3) is 0.462. The number of ether oxygens (including phenoxy) is 1. The first-order valence-corrected chi connectivity index (χ1v) is 5.60. The molecular formula is C13H19NO2. The van der Waals surface area contributed by atoms with Crippen molar-refractivity contribution in [3.05, 3.63) is 29.8 Å². The van der Waals surface area contributed by atoms with E-state index in [2.05, 4.69) is 13.8 Å². The molecule has 2 N–H and O–H groups in total. The van der Waals surface area contributed by atoms with Gasteiger partial charge >= 0.3 is 0 Å². The molecule has 1 amide bonds. The standard InChI is InChI=1S/C13H19NO2/c1-4-9(2)11-5-7-12(8-6-11)16-10(3)13(14)15/h5-10H,4H2,1-3H3,(H2,14,15). The average Bonchev–Trinajstić information content (AvgIpc) is 2.28. The molecule has 2 unspecified atom stereocenters. The van der Waals surface area contributed by atoms with Gasteiger partial charge in [0, 0.05) is 0 Å². The topological polar surface area (TPSA) is 52.3 Å². The van der Waals surface area contributed by atoms with E-state index in [1.165, 1.54) is 5.56 Å². The van der Waals surface area contributed by atoms with Gasteiger partial charge in [0.1, 0.15) is 5.75 Å². The fourth-order valence-electron chi connectivity index (χ4n) is 1.37. The largest absolute Gasteiger partial charge is 0.481 e. The summed E-state index contributed by atoms with van der Waals surface area (Å²) in [6.07, 6.45) is 0.521. The minimum atomic E-state index is -0.588. The Labute approximate surface area is 96.6 Å². The molecule has 3 nitrogen and oxygen atoms in total. The van der Waals surface area contributed by atoms with Crippen LogP contribution in [0.25, 0.3) is 0 Å². The quantitative estimate of drug-likeness (QED) is 0.830. The van der Waals surface area contributed by atoms with Crippen LogP contribution in [0.3, 0.4) is 0 Å². The van der Waals surface area contributed by atoms with E-state index in [4.69, 9.17) is 10.5 Å². The van der Waals surface area contributed by atoms with Gasteiger partial charge in [-0.2, -0.15) is 0 Å². The number of nitrogens with two attached hydrogens (primary N) is 1. The zero-order chi connectivity index (χ0) is 12.1. The van der Waals surface area contributed by atoms with Crippen molar-refractivity contribution in [1.82, 2.24) is 0 Å². The van der Waals surface area contributed by atoms with Gasteiger partial charge in [-0.05, 0) is 37.0 Å². The molecule has 2 atom stereocenters. The highest BCUT2D eigenvalue weighted by atomic mass is 16.5. The Hall–Kier alpha value is -1.51. The molecule has 1 aromatic rings. The van der Waals surface area contributed by atoms with Crippen LogP contribution in [0.4, 0.5) is 0 Å². The van der Waals surface area contributed by atoms with Gasteiger partial charge in [0.05, 0.1) is 0 Å². The fourth-order valence-corrected chi connectivity index (χ4v) is 1.37. The predicted molar refractivity (Wildman–Crippen MR) is 64.4 cm³/mol. The smallest absolute Gasteiger partial charge is 0.258 e. The monoisotopic (exact) mass is 221 g/mol. The van der Waals surface area contributed by atoms with Crippen LogP contribution < -0.4 is 10.5 Å². The molecule has 1 aromatic carbocycles. The summed E-state index contributed by atoms with van der Waals surface area (Å²) in [6.45, 7) is 5.98. The zero-order valence-corrected chi connectivity index (χ0v) is 10.1. The van der Waals surface area contributed by atoms with Crippen LogP contribution in [0.2, 0.25) is 0 Å². The second-order valence-electron chi connectivity index (χ2n) is 4.04. The first kappa shape index (κ1) is 12.6. The Bertz CT molecular complexity index is 345. The van der Waals surface area contributed by atoms with E-state index in [0.29, 0.717) is 11.7 Å². The summed E-state index contributed by atoms with van der Waals surface area (Å²) in [5.41, 5.74) is 6.40.